The number of carboxylic acid groups (broad SMARTS) is 1. The highest BCUT2D eigenvalue weighted by Crippen LogP contribution is 2.57. The van der Waals surface area contributed by atoms with E-state index in [0.717, 1.165) is 11.1 Å². The number of fused-ring (bicyclic) bond motifs is 1. The van der Waals surface area contributed by atoms with E-state index in [0.29, 0.717) is 42.2 Å². The number of anilines is 2. The number of carboxylic acids is 1. The molecule has 0 radical (unpaired) electrons. The maximum absolute atomic E-state index is 13.6. The zero-order chi connectivity index (χ0) is 25.1. The van der Waals surface area contributed by atoms with Gasteiger partial charge in [-0.3, -0.25) is 9.20 Å². The molecular formula is C26H28F2N4O3. The number of aromatic nitrogens is 2. The summed E-state index contributed by atoms with van der Waals surface area (Å²) in [6.07, 6.45) is 2.17. The van der Waals surface area contributed by atoms with E-state index in [1.54, 1.807) is 31.3 Å². The Balaban J connectivity index is 1.55. The van der Waals surface area contributed by atoms with Gasteiger partial charge in [-0.1, -0.05) is 12.1 Å². The van der Waals surface area contributed by atoms with Crippen LogP contribution in [0.15, 0.2) is 41.3 Å². The second kappa shape index (κ2) is 8.03. The Morgan fingerprint density at radius 1 is 1.23 bits per heavy atom. The van der Waals surface area contributed by atoms with Crippen LogP contribution in [0.3, 0.4) is 0 Å². The molecule has 0 unspecified atom stereocenters. The van der Waals surface area contributed by atoms with Crippen molar-refractivity contribution in [3.8, 4) is 0 Å². The smallest absolute Gasteiger partial charge is 0.337 e. The molecular weight excluding hydrogens is 454 g/mol. The van der Waals surface area contributed by atoms with Gasteiger partial charge < -0.3 is 15.3 Å². The summed E-state index contributed by atoms with van der Waals surface area (Å²) in [4.78, 5) is 31.9. The van der Waals surface area contributed by atoms with Crippen molar-refractivity contribution < 1.29 is 18.7 Å². The van der Waals surface area contributed by atoms with Crippen LogP contribution in [0.1, 0.15) is 59.3 Å². The van der Waals surface area contributed by atoms with Crippen molar-refractivity contribution in [2.24, 2.45) is 5.41 Å². The molecule has 3 aromatic rings. The SMILES string of the molecule is Cc1cc([C@@H](C)Nc2ccccc2C(=O)O)c2nc(N3CCC4(C3)CC(F)(F)C4)c(C)c(=O)n2c1. The molecule has 1 aliphatic carbocycles. The van der Waals surface area contributed by atoms with Gasteiger partial charge in [0, 0.05) is 48.8 Å². The first-order chi connectivity index (χ1) is 16.5. The number of para-hydroxylation sites is 1. The number of aromatic carboxylic acids is 1. The van der Waals surface area contributed by atoms with E-state index in [2.05, 4.69) is 5.32 Å². The summed E-state index contributed by atoms with van der Waals surface area (Å²) in [5.41, 5.74) is 2.56. The summed E-state index contributed by atoms with van der Waals surface area (Å²) < 4.78 is 28.8. The van der Waals surface area contributed by atoms with Gasteiger partial charge in [-0.25, -0.2) is 18.6 Å². The van der Waals surface area contributed by atoms with Crippen LogP contribution in [0.5, 0.6) is 0 Å². The predicted octanol–water partition coefficient (Wildman–Crippen LogP) is 4.81. The quantitative estimate of drug-likeness (QED) is 0.543. The van der Waals surface area contributed by atoms with Gasteiger partial charge in [0.2, 0.25) is 5.92 Å². The summed E-state index contributed by atoms with van der Waals surface area (Å²) in [7, 11) is 0. The Morgan fingerprint density at radius 3 is 2.63 bits per heavy atom. The van der Waals surface area contributed by atoms with Gasteiger partial charge in [0.15, 0.2) is 0 Å². The largest absolute Gasteiger partial charge is 0.478 e. The minimum atomic E-state index is -2.60. The van der Waals surface area contributed by atoms with E-state index in [1.165, 1.54) is 10.5 Å². The number of nitrogens with one attached hydrogen (secondary N) is 1. The van der Waals surface area contributed by atoms with Gasteiger partial charge in [-0.05, 0) is 51.0 Å². The van der Waals surface area contributed by atoms with Crippen LogP contribution in [-0.2, 0) is 0 Å². The number of benzene rings is 1. The fourth-order valence-corrected chi connectivity index (χ4v) is 5.67. The molecule has 35 heavy (non-hydrogen) atoms. The molecule has 3 heterocycles. The number of hydrogen-bond acceptors (Lipinski definition) is 5. The number of carbonyl (C=O) groups is 1. The van der Waals surface area contributed by atoms with E-state index in [1.807, 2.05) is 24.8 Å². The molecule has 0 bridgehead atoms. The molecule has 184 valence electrons. The van der Waals surface area contributed by atoms with Crippen LogP contribution in [0.2, 0.25) is 0 Å². The number of alkyl halides is 2. The topological polar surface area (TPSA) is 86.9 Å². The van der Waals surface area contributed by atoms with Crippen LogP contribution >= 0.6 is 0 Å². The van der Waals surface area contributed by atoms with Crippen LogP contribution < -0.4 is 15.8 Å². The van der Waals surface area contributed by atoms with Gasteiger partial charge in [0.05, 0.1) is 17.2 Å². The normalized spacial score (nSPS) is 19.1. The summed E-state index contributed by atoms with van der Waals surface area (Å²) in [5, 5.41) is 12.8. The monoisotopic (exact) mass is 482 g/mol. The average Bonchev–Trinajstić information content (AvgIpc) is 3.19. The van der Waals surface area contributed by atoms with Crippen LogP contribution in [0.25, 0.3) is 5.65 Å². The molecule has 1 atom stereocenters. The maximum Gasteiger partial charge on any atom is 0.337 e. The molecule has 1 saturated carbocycles. The minimum Gasteiger partial charge on any atom is -0.478 e. The van der Waals surface area contributed by atoms with Crippen LogP contribution in [0.4, 0.5) is 20.3 Å². The van der Waals surface area contributed by atoms with E-state index < -0.39 is 17.3 Å². The van der Waals surface area contributed by atoms with Crippen molar-refractivity contribution in [1.82, 2.24) is 9.38 Å². The number of aryl methyl sites for hydroxylation is 1. The Labute approximate surface area is 201 Å². The summed E-state index contributed by atoms with van der Waals surface area (Å²) in [6.45, 7) is 6.55. The van der Waals surface area contributed by atoms with E-state index in [-0.39, 0.29) is 30.0 Å². The standard InChI is InChI=1S/C26H28F2N4O3/c1-15-10-19(17(3)29-20-7-5-4-6-18(20)24(34)35)22-30-21(16(2)23(33)32(22)11-15)31-9-8-25(14-31)12-26(27,28)13-25/h4-7,10-11,17,29H,8-9,12-14H2,1-3H3,(H,34,35)/t17-/m1/s1. The summed E-state index contributed by atoms with van der Waals surface area (Å²) in [5.74, 6) is -3.10. The molecule has 7 nitrogen and oxygen atoms in total. The molecule has 9 heteroatoms. The fraction of sp³-hybridized carbons (Fsp3) is 0.423. The molecule has 1 spiro atoms. The molecule has 2 fully saturated rings. The Kier molecular flexibility index (Phi) is 5.34. The van der Waals surface area contributed by atoms with E-state index in [4.69, 9.17) is 4.98 Å². The third kappa shape index (κ3) is 4.02. The Hall–Kier alpha value is -3.49. The van der Waals surface area contributed by atoms with Crippen molar-refractivity contribution in [3.63, 3.8) is 0 Å². The average molecular weight is 483 g/mol. The lowest BCUT2D eigenvalue weighted by Gasteiger charge is -2.44. The molecule has 1 aromatic carbocycles. The molecule has 2 aliphatic rings. The molecule has 2 N–H and O–H groups in total. The first-order valence-electron chi connectivity index (χ1n) is 11.7. The number of rotatable bonds is 5. The highest BCUT2D eigenvalue weighted by molar-refractivity contribution is 5.94. The number of nitrogens with zero attached hydrogens (tertiary/aromatic N) is 3. The lowest BCUT2D eigenvalue weighted by Crippen LogP contribution is -2.47. The summed E-state index contributed by atoms with van der Waals surface area (Å²) >= 11 is 0. The summed E-state index contributed by atoms with van der Waals surface area (Å²) in [6, 6.07) is 8.22. The third-order valence-corrected chi connectivity index (χ3v) is 7.29. The van der Waals surface area contributed by atoms with Gasteiger partial charge in [-0.15, -0.1) is 0 Å². The maximum atomic E-state index is 13.6. The van der Waals surface area contributed by atoms with Crippen molar-refractivity contribution in [3.05, 3.63) is 69.1 Å². The Morgan fingerprint density at radius 2 is 1.94 bits per heavy atom. The van der Waals surface area contributed by atoms with Crippen molar-refractivity contribution >= 4 is 23.1 Å². The number of pyridine rings is 1. The van der Waals surface area contributed by atoms with Crippen molar-refractivity contribution in [1.29, 1.82) is 0 Å². The van der Waals surface area contributed by atoms with Gasteiger partial charge in [0.1, 0.15) is 11.5 Å². The lowest BCUT2D eigenvalue weighted by molar-refractivity contribution is -0.152. The molecule has 2 aromatic heterocycles. The predicted molar refractivity (Wildman–Crippen MR) is 130 cm³/mol. The van der Waals surface area contributed by atoms with Crippen molar-refractivity contribution in [2.75, 3.05) is 23.3 Å². The third-order valence-electron chi connectivity index (χ3n) is 7.29. The Bertz CT molecular complexity index is 1390. The first kappa shape index (κ1) is 23.3. The van der Waals surface area contributed by atoms with Crippen molar-refractivity contribution in [2.45, 2.75) is 52.0 Å². The van der Waals surface area contributed by atoms with Crippen LogP contribution in [-0.4, -0.2) is 39.5 Å². The van der Waals surface area contributed by atoms with Gasteiger partial charge in [0.25, 0.3) is 5.56 Å². The highest BCUT2D eigenvalue weighted by atomic mass is 19.3. The van der Waals surface area contributed by atoms with E-state index >= 15 is 0 Å². The second-order valence-electron chi connectivity index (χ2n) is 10.1. The zero-order valence-corrected chi connectivity index (χ0v) is 19.9. The molecule has 1 aliphatic heterocycles. The number of halogens is 2. The van der Waals surface area contributed by atoms with Crippen LogP contribution in [0, 0.1) is 19.3 Å². The van der Waals surface area contributed by atoms with Gasteiger partial charge in [-0.2, -0.15) is 0 Å². The molecule has 5 rings (SSSR count). The fourth-order valence-electron chi connectivity index (χ4n) is 5.67. The van der Waals surface area contributed by atoms with E-state index in [9.17, 15) is 23.5 Å². The number of hydrogen-bond donors (Lipinski definition) is 2. The first-order valence-corrected chi connectivity index (χ1v) is 11.7. The van der Waals surface area contributed by atoms with Gasteiger partial charge >= 0.3 is 5.97 Å². The minimum absolute atomic E-state index is 0.115. The zero-order valence-electron chi connectivity index (χ0n) is 19.9. The second-order valence-corrected chi connectivity index (χ2v) is 10.1. The molecule has 0 amide bonds. The lowest BCUT2D eigenvalue weighted by atomic mass is 9.65. The highest BCUT2D eigenvalue weighted by Gasteiger charge is 2.58. The molecule has 1 saturated heterocycles.